The van der Waals surface area contributed by atoms with Crippen molar-refractivity contribution in [2.45, 2.75) is 50.2 Å². The fourth-order valence-electron chi connectivity index (χ4n) is 3.61. The van der Waals surface area contributed by atoms with E-state index in [1.54, 1.807) is 12.3 Å². The molecule has 2 unspecified atom stereocenters. The number of anilines is 2. The third-order valence-electron chi connectivity index (χ3n) is 4.71. The summed E-state index contributed by atoms with van der Waals surface area (Å²) >= 11 is 0. The summed E-state index contributed by atoms with van der Waals surface area (Å²) in [7, 11) is 2.24. The minimum atomic E-state index is 0.407. The highest BCUT2D eigenvalue weighted by atomic mass is 15.2. The fourth-order valence-corrected chi connectivity index (χ4v) is 3.61. The van der Waals surface area contributed by atoms with E-state index < -0.39 is 0 Å². The first kappa shape index (κ1) is 13.2. The van der Waals surface area contributed by atoms with Gasteiger partial charge in [0.15, 0.2) is 0 Å². The van der Waals surface area contributed by atoms with Crippen molar-refractivity contribution in [3.63, 3.8) is 0 Å². The van der Waals surface area contributed by atoms with E-state index in [1.807, 2.05) is 0 Å². The number of piperidine rings is 2. The summed E-state index contributed by atoms with van der Waals surface area (Å²) in [6.45, 7) is 0. The number of nitrogens with zero attached hydrogens (tertiary/aromatic N) is 3. The number of hydrogen-bond acceptors (Lipinski definition) is 5. The number of rotatable bonds is 2. The van der Waals surface area contributed by atoms with Crippen molar-refractivity contribution in [3.05, 3.63) is 17.8 Å². The Morgan fingerprint density at radius 3 is 2.75 bits per heavy atom. The van der Waals surface area contributed by atoms with Gasteiger partial charge in [-0.2, -0.15) is 5.26 Å². The highest BCUT2D eigenvalue weighted by Gasteiger charge is 2.36. The number of hydrogen-bond donors (Lipinski definition) is 2. The van der Waals surface area contributed by atoms with Gasteiger partial charge in [-0.15, -0.1) is 0 Å². The lowest BCUT2D eigenvalue weighted by Crippen LogP contribution is -2.52. The van der Waals surface area contributed by atoms with Gasteiger partial charge in [0.25, 0.3) is 0 Å². The topological polar surface area (TPSA) is 78.0 Å². The van der Waals surface area contributed by atoms with Crippen LogP contribution in [0.4, 0.5) is 11.5 Å². The predicted molar refractivity (Wildman–Crippen MR) is 79.2 cm³/mol. The molecule has 2 fully saturated rings. The number of nitriles is 1. The van der Waals surface area contributed by atoms with Crippen molar-refractivity contribution in [2.24, 2.45) is 0 Å². The first-order chi connectivity index (χ1) is 9.67. The van der Waals surface area contributed by atoms with Crippen LogP contribution in [0, 0.1) is 11.3 Å². The van der Waals surface area contributed by atoms with Crippen LogP contribution in [0.15, 0.2) is 12.3 Å². The van der Waals surface area contributed by atoms with E-state index in [4.69, 9.17) is 5.73 Å². The molecule has 0 aliphatic carbocycles. The monoisotopic (exact) mass is 271 g/mol. The number of fused-ring (bicyclic) bond motifs is 2. The molecule has 0 amide bonds. The van der Waals surface area contributed by atoms with E-state index in [0.29, 0.717) is 35.2 Å². The van der Waals surface area contributed by atoms with E-state index in [9.17, 15) is 5.26 Å². The molecule has 3 N–H and O–H groups in total. The van der Waals surface area contributed by atoms with Crippen LogP contribution in [0.3, 0.4) is 0 Å². The van der Waals surface area contributed by atoms with Gasteiger partial charge in [-0.05, 0) is 38.8 Å². The minimum Gasteiger partial charge on any atom is -0.397 e. The lowest BCUT2D eigenvalue weighted by molar-refractivity contribution is 0.0608. The predicted octanol–water partition coefficient (Wildman–Crippen LogP) is 1.96. The highest BCUT2D eigenvalue weighted by Crippen LogP contribution is 2.34. The molecular weight excluding hydrogens is 250 g/mol. The maximum atomic E-state index is 9.18. The lowest BCUT2D eigenvalue weighted by Gasteiger charge is -2.47. The molecule has 0 aromatic carbocycles. The maximum absolute atomic E-state index is 9.18. The Morgan fingerprint density at radius 1 is 1.40 bits per heavy atom. The van der Waals surface area contributed by atoms with Crippen molar-refractivity contribution in [2.75, 3.05) is 18.1 Å². The molecule has 1 aromatic rings. The molecule has 106 valence electrons. The summed E-state index contributed by atoms with van der Waals surface area (Å²) < 4.78 is 0. The molecule has 1 aromatic heterocycles. The average Bonchev–Trinajstić information content (AvgIpc) is 2.42. The van der Waals surface area contributed by atoms with Crippen LogP contribution in [0.5, 0.6) is 0 Å². The van der Waals surface area contributed by atoms with E-state index in [0.717, 1.165) is 12.8 Å². The molecular formula is C15H21N5. The average molecular weight is 271 g/mol. The Labute approximate surface area is 119 Å². The van der Waals surface area contributed by atoms with Crippen molar-refractivity contribution < 1.29 is 0 Å². The Morgan fingerprint density at radius 2 is 2.10 bits per heavy atom. The largest absolute Gasteiger partial charge is 0.397 e. The number of nitrogen functional groups attached to an aromatic ring is 1. The molecule has 2 atom stereocenters. The zero-order valence-corrected chi connectivity index (χ0v) is 11.8. The van der Waals surface area contributed by atoms with Crippen LogP contribution in [0.25, 0.3) is 0 Å². The number of nitrogens with one attached hydrogen (secondary N) is 1. The molecule has 20 heavy (non-hydrogen) atoms. The molecule has 3 heterocycles. The van der Waals surface area contributed by atoms with Gasteiger partial charge in [-0.3, -0.25) is 0 Å². The molecule has 5 nitrogen and oxygen atoms in total. The smallest absolute Gasteiger partial charge is 0.144 e. The van der Waals surface area contributed by atoms with Gasteiger partial charge in [0.2, 0.25) is 0 Å². The molecule has 2 bridgehead atoms. The zero-order valence-electron chi connectivity index (χ0n) is 11.8. The third kappa shape index (κ3) is 2.44. The lowest BCUT2D eigenvalue weighted by atomic mass is 9.82. The summed E-state index contributed by atoms with van der Waals surface area (Å²) in [5.41, 5.74) is 6.75. The van der Waals surface area contributed by atoms with Gasteiger partial charge in [-0.25, -0.2) is 4.98 Å². The number of nitrogens with two attached hydrogens (primary N) is 1. The summed E-state index contributed by atoms with van der Waals surface area (Å²) in [6, 6.07) is 5.59. The van der Waals surface area contributed by atoms with Crippen LogP contribution in [-0.2, 0) is 0 Å². The van der Waals surface area contributed by atoms with Gasteiger partial charge in [0.05, 0.1) is 17.4 Å². The van der Waals surface area contributed by atoms with Gasteiger partial charge in [0, 0.05) is 18.1 Å². The molecule has 0 saturated carbocycles. The van der Waals surface area contributed by atoms with Crippen LogP contribution in [-0.4, -0.2) is 35.1 Å². The number of pyridine rings is 1. The summed E-state index contributed by atoms with van der Waals surface area (Å²) in [4.78, 5) is 6.81. The highest BCUT2D eigenvalue weighted by molar-refractivity contribution is 5.57. The van der Waals surface area contributed by atoms with Crippen LogP contribution < -0.4 is 11.1 Å². The van der Waals surface area contributed by atoms with Crippen LogP contribution in [0.1, 0.15) is 37.7 Å². The van der Waals surface area contributed by atoms with E-state index >= 15 is 0 Å². The standard InChI is InChI=1S/C15H21N5/c1-20-13-3-2-4-14(20)7-12(6-13)19-15-10(8-16)5-11(17)9-18-15/h5,9,12-14H,2-4,6-7,17H2,1H3,(H,18,19). The first-order valence-corrected chi connectivity index (χ1v) is 7.31. The first-order valence-electron chi connectivity index (χ1n) is 7.31. The Hall–Kier alpha value is -1.80. The molecule has 0 spiro atoms. The molecule has 2 saturated heterocycles. The van der Waals surface area contributed by atoms with Crippen molar-refractivity contribution in [1.29, 1.82) is 5.26 Å². The van der Waals surface area contributed by atoms with E-state index in [2.05, 4.69) is 28.3 Å². The minimum absolute atomic E-state index is 0.407. The normalized spacial score (nSPS) is 29.7. The molecule has 3 rings (SSSR count). The third-order valence-corrected chi connectivity index (χ3v) is 4.71. The van der Waals surface area contributed by atoms with Gasteiger partial charge in [-0.1, -0.05) is 6.42 Å². The maximum Gasteiger partial charge on any atom is 0.144 e. The number of aromatic nitrogens is 1. The van der Waals surface area contributed by atoms with Crippen molar-refractivity contribution in [3.8, 4) is 6.07 Å². The summed E-state index contributed by atoms with van der Waals surface area (Å²) in [6.07, 6.45) is 7.78. The van der Waals surface area contributed by atoms with Gasteiger partial charge >= 0.3 is 0 Å². The summed E-state index contributed by atoms with van der Waals surface area (Å²) in [5.74, 6) is 0.675. The van der Waals surface area contributed by atoms with E-state index in [-0.39, 0.29) is 0 Å². The summed E-state index contributed by atoms with van der Waals surface area (Å²) in [5, 5.41) is 12.6. The second-order valence-corrected chi connectivity index (χ2v) is 5.99. The second-order valence-electron chi connectivity index (χ2n) is 5.99. The molecule has 0 radical (unpaired) electrons. The molecule has 2 aliphatic rings. The van der Waals surface area contributed by atoms with Gasteiger partial charge in [0.1, 0.15) is 11.9 Å². The van der Waals surface area contributed by atoms with Crippen LogP contribution >= 0.6 is 0 Å². The second kappa shape index (κ2) is 5.29. The SMILES string of the molecule is CN1C2CCCC1CC(Nc1ncc(N)cc1C#N)C2. The fraction of sp³-hybridized carbons (Fsp3) is 0.600. The molecule has 5 heteroatoms. The van der Waals surface area contributed by atoms with E-state index in [1.165, 1.54) is 19.3 Å². The van der Waals surface area contributed by atoms with Crippen molar-refractivity contribution >= 4 is 11.5 Å². The Kier molecular flexibility index (Phi) is 3.49. The van der Waals surface area contributed by atoms with Gasteiger partial charge < -0.3 is 16.0 Å². The quantitative estimate of drug-likeness (QED) is 0.859. The van der Waals surface area contributed by atoms with Crippen LogP contribution in [0.2, 0.25) is 0 Å². The molecule has 2 aliphatic heterocycles. The van der Waals surface area contributed by atoms with Crippen molar-refractivity contribution in [1.82, 2.24) is 9.88 Å². The Bertz CT molecular complexity index is 522. The zero-order chi connectivity index (χ0) is 14.1. The Balaban J connectivity index is 1.74.